The first-order valence-electron chi connectivity index (χ1n) is 9.84. The Hall–Kier alpha value is -1.72. The summed E-state index contributed by atoms with van der Waals surface area (Å²) >= 11 is 0. The largest absolute Gasteiger partial charge is 0.302 e. The average molecular weight is 357 g/mol. The molecule has 26 heavy (non-hydrogen) atoms. The van der Waals surface area contributed by atoms with Gasteiger partial charge in [-0.15, -0.1) is 0 Å². The van der Waals surface area contributed by atoms with Gasteiger partial charge in [0.2, 0.25) is 0 Å². The molecule has 0 amide bonds. The molecule has 5 heteroatoms. The first-order chi connectivity index (χ1) is 12.4. The van der Waals surface area contributed by atoms with Crippen molar-refractivity contribution in [2.45, 2.75) is 52.1 Å². The van der Waals surface area contributed by atoms with E-state index in [4.69, 9.17) is 4.98 Å². The molecule has 1 aliphatic rings. The number of hydrogen-bond acceptors (Lipinski definition) is 4. The first-order valence-corrected chi connectivity index (χ1v) is 9.84. The molecule has 2 heterocycles. The maximum absolute atomic E-state index is 13.0. The summed E-state index contributed by atoms with van der Waals surface area (Å²) in [5.74, 6) is 0.908. The second-order valence-corrected chi connectivity index (χ2v) is 7.81. The predicted octanol–water partition coefficient (Wildman–Crippen LogP) is 3.11. The number of aromatic nitrogens is 2. The van der Waals surface area contributed by atoms with E-state index in [0.717, 1.165) is 61.2 Å². The molecule has 1 aromatic carbocycles. The van der Waals surface area contributed by atoms with Crippen LogP contribution in [0.15, 0.2) is 23.0 Å². The van der Waals surface area contributed by atoms with Gasteiger partial charge in [0.05, 0.1) is 16.9 Å². The van der Waals surface area contributed by atoms with E-state index in [1.165, 1.54) is 0 Å². The van der Waals surface area contributed by atoms with Crippen LogP contribution in [0.4, 0.5) is 0 Å². The van der Waals surface area contributed by atoms with Crippen LogP contribution < -0.4 is 5.56 Å². The summed E-state index contributed by atoms with van der Waals surface area (Å²) in [4.78, 5) is 22.9. The highest BCUT2D eigenvalue weighted by atomic mass is 16.1. The quantitative estimate of drug-likeness (QED) is 0.844. The summed E-state index contributed by atoms with van der Waals surface area (Å²) in [6.45, 7) is 9.65. The summed E-state index contributed by atoms with van der Waals surface area (Å²) < 4.78 is 1.78. The van der Waals surface area contributed by atoms with Gasteiger partial charge in [-0.05, 0) is 45.9 Å². The summed E-state index contributed by atoms with van der Waals surface area (Å²) in [6, 6.07) is 6.76. The Morgan fingerprint density at radius 2 is 2.00 bits per heavy atom. The molecule has 1 saturated heterocycles. The zero-order valence-corrected chi connectivity index (χ0v) is 16.8. The second kappa shape index (κ2) is 7.89. The van der Waals surface area contributed by atoms with Crippen LogP contribution in [0.5, 0.6) is 0 Å². The Labute approximate surface area is 156 Å². The lowest BCUT2D eigenvalue weighted by atomic mass is 10.1. The van der Waals surface area contributed by atoms with Crippen LogP contribution in [-0.2, 0) is 7.05 Å². The van der Waals surface area contributed by atoms with E-state index in [1.807, 2.05) is 32.2 Å². The Balaban J connectivity index is 2.04. The maximum Gasteiger partial charge on any atom is 0.261 e. The standard InChI is InChI=1S/C21H32N4O/c1-6-7-19(25-11-10-16(3)23(4)12-13-25)20-22-18-9-8-15(2)14-17(18)21(26)24(20)5/h8-9,14,16,19H,6-7,10-13H2,1-5H3/t16-,19-/m1/s1. The highest BCUT2D eigenvalue weighted by molar-refractivity contribution is 5.78. The fourth-order valence-electron chi connectivity index (χ4n) is 3.95. The van der Waals surface area contributed by atoms with Crippen molar-refractivity contribution in [2.75, 3.05) is 26.7 Å². The van der Waals surface area contributed by atoms with Crippen molar-refractivity contribution in [1.29, 1.82) is 0 Å². The molecule has 0 aliphatic carbocycles. The summed E-state index contributed by atoms with van der Waals surface area (Å²) in [5.41, 5.74) is 1.98. The van der Waals surface area contributed by atoms with Crippen LogP contribution in [0, 0.1) is 6.92 Å². The van der Waals surface area contributed by atoms with Gasteiger partial charge in [-0.3, -0.25) is 14.3 Å². The molecule has 142 valence electrons. The van der Waals surface area contributed by atoms with Crippen molar-refractivity contribution in [1.82, 2.24) is 19.4 Å². The fourth-order valence-corrected chi connectivity index (χ4v) is 3.95. The number of benzene rings is 1. The van der Waals surface area contributed by atoms with Crippen LogP contribution in [0.25, 0.3) is 10.9 Å². The molecule has 1 aliphatic heterocycles. The molecule has 0 bridgehead atoms. The Morgan fingerprint density at radius 1 is 1.23 bits per heavy atom. The molecule has 5 nitrogen and oxygen atoms in total. The molecular weight excluding hydrogens is 324 g/mol. The fraction of sp³-hybridized carbons (Fsp3) is 0.619. The molecule has 1 fully saturated rings. The van der Waals surface area contributed by atoms with Gasteiger partial charge in [-0.25, -0.2) is 4.98 Å². The lowest BCUT2D eigenvalue weighted by molar-refractivity contribution is 0.181. The zero-order valence-electron chi connectivity index (χ0n) is 16.8. The molecule has 0 spiro atoms. The number of nitrogens with zero attached hydrogens (tertiary/aromatic N) is 4. The third-order valence-electron chi connectivity index (χ3n) is 5.89. The topological polar surface area (TPSA) is 41.4 Å². The molecule has 2 aromatic rings. The zero-order chi connectivity index (χ0) is 18.8. The molecule has 2 atom stereocenters. The normalized spacial score (nSPS) is 21.0. The van der Waals surface area contributed by atoms with Crippen molar-refractivity contribution in [3.05, 3.63) is 39.9 Å². The van der Waals surface area contributed by atoms with Gasteiger partial charge in [0, 0.05) is 32.7 Å². The molecule has 3 rings (SSSR count). The van der Waals surface area contributed by atoms with E-state index in [0.29, 0.717) is 6.04 Å². The van der Waals surface area contributed by atoms with Crippen molar-refractivity contribution in [2.24, 2.45) is 7.05 Å². The first kappa shape index (κ1) is 19.1. The van der Waals surface area contributed by atoms with Gasteiger partial charge in [0.1, 0.15) is 5.82 Å². The van der Waals surface area contributed by atoms with Crippen LogP contribution in [0.2, 0.25) is 0 Å². The smallest absolute Gasteiger partial charge is 0.261 e. The van der Waals surface area contributed by atoms with Gasteiger partial charge in [0.25, 0.3) is 5.56 Å². The van der Waals surface area contributed by atoms with Crippen molar-refractivity contribution in [3.8, 4) is 0 Å². The highest BCUT2D eigenvalue weighted by Gasteiger charge is 2.27. The maximum atomic E-state index is 13.0. The number of likely N-dealkylation sites (N-methyl/N-ethyl adjacent to an activating group) is 1. The van der Waals surface area contributed by atoms with Crippen LogP contribution in [0.1, 0.15) is 50.5 Å². The second-order valence-electron chi connectivity index (χ2n) is 7.81. The highest BCUT2D eigenvalue weighted by Crippen LogP contribution is 2.27. The predicted molar refractivity (Wildman–Crippen MR) is 108 cm³/mol. The molecule has 0 N–H and O–H groups in total. The van der Waals surface area contributed by atoms with E-state index in [-0.39, 0.29) is 11.6 Å². The molecule has 0 unspecified atom stereocenters. The Kier molecular flexibility index (Phi) is 5.78. The minimum Gasteiger partial charge on any atom is -0.302 e. The third-order valence-corrected chi connectivity index (χ3v) is 5.89. The minimum atomic E-state index is 0.0649. The number of fused-ring (bicyclic) bond motifs is 1. The van der Waals surface area contributed by atoms with Crippen molar-refractivity contribution >= 4 is 10.9 Å². The SMILES string of the molecule is CCC[C@H](c1nc2ccc(C)cc2c(=O)n1C)N1CC[C@@H](C)N(C)CC1. The van der Waals surface area contributed by atoms with Gasteiger partial charge >= 0.3 is 0 Å². The number of rotatable bonds is 4. The van der Waals surface area contributed by atoms with E-state index < -0.39 is 0 Å². The Bertz CT molecular complexity index is 817. The van der Waals surface area contributed by atoms with Crippen molar-refractivity contribution in [3.63, 3.8) is 0 Å². The monoisotopic (exact) mass is 356 g/mol. The van der Waals surface area contributed by atoms with Gasteiger partial charge in [-0.2, -0.15) is 0 Å². The summed E-state index contributed by atoms with van der Waals surface area (Å²) in [7, 11) is 4.08. The van der Waals surface area contributed by atoms with E-state index in [1.54, 1.807) is 4.57 Å². The summed E-state index contributed by atoms with van der Waals surface area (Å²) in [5, 5.41) is 0.718. The van der Waals surface area contributed by atoms with Crippen LogP contribution in [-0.4, -0.2) is 52.1 Å². The van der Waals surface area contributed by atoms with E-state index in [9.17, 15) is 4.79 Å². The molecule has 0 saturated carbocycles. The van der Waals surface area contributed by atoms with E-state index in [2.05, 4.69) is 30.7 Å². The van der Waals surface area contributed by atoms with E-state index >= 15 is 0 Å². The molecular formula is C21H32N4O. The molecule has 0 radical (unpaired) electrons. The summed E-state index contributed by atoms with van der Waals surface area (Å²) in [6.07, 6.45) is 3.25. The molecule has 1 aromatic heterocycles. The Morgan fingerprint density at radius 3 is 2.73 bits per heavy atom. The third kappa shape index (κ3) is 3.69. The lowest BCUT2D eigenvalue weighted by Gasteiger charge is -2.31. The number of hydrogen-bond donors (Lipinski definition) is 0. The van der Waals surface area contributed by atoms with Gasteiger partial charge in [0.15, 0.2) is 0 Å². The average Bonchev–Trinajstić information content (AvgIpc) is 2.79. The van der Waals surface area contributed by atoms with Gasteiger partial charge in [-0.1, -0.05) is 25.0 Å². The van der Waals surface area contributed by atoms with Crippen LogP contribution >= 0.6 is 0 Å². The van der Waals surface area contributed by atoms with Gasteiger partial charge < -0.3 is 4.90 Å². The minimum absolute atomic E-state index is 0.0649. The lowest BCUT2D eigenvalue weighted by Crippen LogP contribution is -2.36. The van der Waals surface area contributed by atoms with Crippen molar-refractivity contribution < 1.29 is 0 Å². The van der Waals surface area contributed by atoms with Crippen LogP contribution in [0.3, 0.4) is 0 Å². The number of aryl methyl sites for hydroxylation is 1.